The summed E-state index contributed by atoms with van der Waals surface area (Å²) < 4.78 is 0. The number of H-pyrrole nitrogens is 1. The summed E-state index contributed by atoms with van der Waals surface area (Å²) in [5.74, 6) is -3.70. The van der Waals surface area contributed by atoms with E-state index in [1.165, 1.54) is 35.4 Å². The fourth-order valence-electron chi connectivity index (χ4n) is 3.31. The van der Waals surface area contributed by atoms with E-state index < -0.39 is 35.9 Å². The number of aliphatic carboxylic acids is 2. The van der Waals surface area contributed by atoms with Crippen LogP contribution in [0.2, 0.25) is 0 Å². The molecule has 0 unspecified atom stereocenters. The van der Waals surface area contributed by atoms with Gasteiger partial charge in [0.05, 0.1) is 18.4 Å². The number of nitrogens with zero attached hydrogens (tertiary/aromatic N) is 4. The number of alkyl halides is 1. The normalized spacial score (nSPS) is 11.6. The van der Waals surface area contributed by atoms with E-state index in [-0.39, 0.29) is 59.5 Å². The molecule has 0 bridgehead atoms. The van der Waals surface area contributed by atoms with Crippen LogP contribution in [0.15, 0.2) is 35.3 Å². The Morgan fingerprint density at radius 2 is 1.81 bits per heavy atom. The number of aromatic amines is 1. The number of hydrogen-bond acceptors (Lipinski definition) is 9. The molecule has 2 heterocycles. The van der Waals surface area contributed by atoms with Gasteiger partial charge in [-0.1, -0.05) is 0 Å². The molecule has 0 saturated heterocycles. The number of fused-ring (bicyclic) bond motifs is 1. The molecule has 3 rings (SSSR count). The van der Waals surface area contributed by atoms with Gasteiger partial charge >= 0.3 is 11.9 Å². The standard InChI is InChI=1S/C22H22ClN7O7/c23-8-7-15(31)30(10-12-9-25-18-17(26-12)20(35)29-22(24)28-18)13-3-1-11(2-4-13)19(34)27-14(21(36)37)5-6-16(32)33/h1-4,9,14H,5-8,10H2,(H,27,34)(H,32,33)(H,36,37)(H3,24,25,28,29,35)/t14-/m0/s1. The fourth-order valence-corrected chi connectivity index (χ4v) is 3.47. The highest BCUT2D eigenvalue weighted by molar-refractivity contribution is 6.19. The Morgan fingerprint density at radius 1 is 1.11 bits per heavy atom. The number of carboxylic acids is 2. The first-order valence-corrected chi connectivity index (χ1v) is 11.4. The fraction of sp³-hybridized carbons (Fsp3) is 0.273. The maximum absolute atomic E-state index is 12.8. The Hall–Kier alpha value is -4.59. The topological polar surface area (TPSA) is 222 Å². The van der Waals surface area contributed by atoms with Gasteiger partial charge in [-0.2, -0.15) is 4.98 Å². The average molecular weight is 532 g/mol. The molecule has 0 saturated carbocycles. The quantitative estimate of drug-likeness (QED) is 0.214. The maximum Gasteiger partial charge on any atom is 0.326 e. The molecule has 3 aromatic rings. The number of nitrogens with two attached hydrogens (primary N) is 1. The molecular formula is C22H22ClN7O7. The van der Waals surface area contributed by atoms with Gasteiger partial charge in [0.1, 0.15) is 6.04 Å². The second-order valence-corrected chi connectivity index (χ2v) is 8.13. The summed E-state index contributed by atoms with van der Waals surface area (Å²) in [6, 6.07) is 4.32. The number of aromatic nitrogens is 4. The van der Waals surface area contributed by atoms with Gasteiger partial charge in [-0.3, -0.25) is 24.2 Å². The molecule has 194 valence electrons. The van der Waals surface area contributed by atoms with E-state index in [1.54, 1.807) is 0 Å². The van der Waals surface area contributed by atoms with Gasteiger partial charge in [-0.25, -0.2) is 14.8 Å². The first-order valence-electron chi connectivity index (χ1n) is 10.8. The van der Waals surface area contributed by atoms with E-state index in [0.29, 0.717) is 5.69 Å². The first-order chi connectivity index (χ1) is 17.6. The molecule has 14 nitrogen and oxygen atoms in total. The third-order valence-electron chi connectivity index (χ3n) is 5.11. The summed E-state index contributed by atoms with van der Waals surface area (Å²) in [7, 11) is 0. The van der Waals surface area contributed by atoms with Crippen LogP contribution in [0, 0.1) is 0 Å². The minimum atomic E-state index is -1.38. The Kier molecular flexibility index (Phi) is 8.68. The number of anilines is 2. The third kappa shape index (κ3) is 6.98. The Bertz CT molecular complexity index is 1390. The summed E-state index contributed by atoms with van der Waals surface area (Å²) in [6.07, 6.45) is 0.626. The highest BCUT2D eigenvalue weighted by Crippen LogP contribution is 2.20. The van der Waals surface area contributed by atoms with Crippen LogP contribution in [-0.4, -0.2) is 65.8 Å². The lowest BCUT2D eigenvalue weighted by molar-refractivity contribution is -0.140. The van der Waals surface area contributed by atoms with Crippen molar-refractivity contribution in [3.63, 3.8) is 0 Å². The number of carbonyl (C=O) groups excluding carboxylic acids is 2. The number of hydrogen-bond donors (Lipinski definition) is 5. The molecular weight excluding hydrogens is 510 g/mol. The number of amides is 2. The van der Waals surface area contributed by atoms with Gasteiger partial charge in [-0.15, -0.1) is 11.6 Å². The largest absolute Gasteiger partial charge is 0.481 e. The van der Waals surface area contributed by atoms with Crippen molar-refractivity contribution in [2.75, 3.05) is 16.5 Å². The summed E-state index contributed by atoms with van der Waals surface area (Å²) >= 11 is 5.75. The number of rotatable bonds is 11. The van der Waals surface area contributed by atoms with Crippen molar-refractivity contribution in [1.29, 1.82) is 0 Å². The predicted molar refractivity (Wildman–Crippen MR) is 131 cm³/mol. The van der Waals surface area contributed by atoms with Gasteiger partial charge < -0.3 is 26.2 Å². The Morgan fingerprint density at radius 3 is 2.43 bits per heavy atom. The highest BCUT2D eigenvalue weighted by atomic mass is 35.5. The molecule has 15 heteroatoms. The van der Waals surface area contributed by atoms with Crippen LogP contribution < -0.4 is 21.5 Å². The van der Waals surface area contributed by atoms with E-state index in [9.17, 15) is 29.1 Å². The second kappa shape index (κ2) is 11.9. The highest BCUT2D eigenvalue weighted by Gasteiger charge is 2.22. The van der Waals surface area contributed by atoms with Crippen LogP contribution in [0.4, 0.5) is 11.6 Å². The number of nitrogens with one attached hydrogen (secondary N) is 2. The Labute approximate surface area is 213 Å². The van der Waals surface area contributed by atoms with Gasteiger partial charge in [-0.05, 0) is 30.7 Å². The third-order valence-corrected chi connectivity index (χ3v) is 5.30. The molecule has 0 aliphatic carbocycles. The van der Waals surface area contributed by atoms with E-state index in [0.717, 1.165) is 0 Å². The number of halogens is 1. The molecule has 1 aromatic carbocycles. The zero-order chi connectivity index (χ0) is 27.1. The van der Waals surface area contributed by atoms with E-state index in [4.69, 9.17) is 22.4 Å². The van der Waals surface area contributed by atoms with Crippen LogP contribution >= 0.6 is 11.6 Å². The van der Waals surface area contributed by atoms with Gasteiger partial charge in [0.15, 0.2) is 11.2 Å². The van der Waals surface area contributed by atoms with Crippen LogP contribution in [0.1, 0.15) is 35.3 Å². The van der Waals surface area contributed by atoms with Crippen molar-refractivity contribution in [3.05, 3.63) is 52.1 Å². The molecule has 1 atom stereocenters. The zero-order valence-electron chi connectivity index (χ0n) is 19.2. The van der Waals surface area contributed by atoms with Gasteiger partial charge in [0.25, 0.3) is 11.5 Å². The number of carbonyl (C=O) groups is 4. The van der Waals surface area contributed by atoms with Crippen LogP contribution in [0.5, 0.6) is 0 Å². The predicted octanol–water partition coefficient (Wildman–Crippen LogP) is 0.505. The van der Waals surface area contributed by atoms with Crippen LogP contribution in [0.25, 0.3) is 11.2 Å². The lowest BCUT2D eigenvalue weighted by atomic mass is 10.1. The van der Waals surface area contributed by atoms with Crippen molar-refractivity contribution in [3.8, 4) is 0 Å². The smallest absolute Gasteiger partial charge is 0.326 e. The van der Waals surface area contributed by atoms with Gasteiger partial charge in [0, 0.05) is 30.0 Å². The lowest BCUT2D eigenvalue weighted by Gasteiger charge is -2.22. The minimum Gasteiger partial charge on any atom is -0.481 e. The average Bonchev–Trinajstić information content (AvgIpc) is 2.85. The molecule has 2 amide bonds. The molecule has 0 spiro atoms. The number of carboxylic acid groups (broad SMARTS) is 2. The molecule has 0 fully saturated rings. The summed E-state index contributed by atoms with van der Waals surface area (Å²) in [4.78, 5) is 75.4. The monoisotopic (exact) mass is 531 g/mol. The lowest BCUT2D eigenvalue weighted by Crippen LogP contribution is -2.41. The van der Waals surface area contributed by atoms with Crippen LogP contribution in [-0.2, 0) is 20.9 Å². The van der Waals surface area contributed by atoms with Crippen molar-refractivity contribution in [2.45, 2.75) is 31.8 Å². The SMILES string of the molecule is Nc1nc2ncc(CN(C(=O)CCCl)c3ccc(C(=O)N[C@@H](CCC(=O)O)C(=O)O)cc3)nc2c(=O)[nH]1. The molecule has 0 aliphatic rings. The molecule has 0 aliphatic heterocycles. The number of nitrogen functional groups attached to an aromatic ring is 1. The summed E-state index contributed by atoms with van der Waals surface area (Å²) in [6.45, 7) is -0.0791. The number of benzene rings is 1. The molecule has 6 N–H and O–H groups in total. The zero-order valence-corrected chi connectivity index (χ0v) is 19.9. The molecule has 37 heavy (non-hydrogen) atoms. The van der Waals surface area contributed by atoms with E-state index >= 15 is 0 Å². The van der Waals surface area contributed by atoms with E-state index in [2.05, 4.69) is 25.3 Å². The Balaban J connectivity index is 1.83. The maximum atomic E-state index is 12.8. The van der Waals surface area contributed by atoms with Crippen molar-refractivity contribution in [1.82, 2.24) is 25.3 Å². The van der Waals surface area contributed by atoms with Crippen molar-refractivity contribution in [2.24, 2.45) is 0 Å². The molecule has 2 aromatic heterocycles. The second-order valence-electron chi connectivity index (χ2n) is 7.75. The first kappa shape index (κ1) is 27.0. The summed E-state index contributed by atoms with van der Waals surface area (Å²) in [5.41, 5.74) is 5.65. The van der Waals surface area contributed by atoms with Gasteiger partial charge in [0.2, 0.25) is 11.9 Å². The molecule has 0 radical (unpaired) electrons. The minimum absolute atomic E-state index is 0.00660. The van der Waals surface area contributed by atoms with Crippen molar-refractivity contribution < 1.29 is 29.4 Å². The van der Waals surface area contributed by atoms with Crippen molar-refractivity contribution >= 4 is 58.2 Å². The van der Waals surface area contributed by atoms with Crippen LogP contribution in [0.3, 0.4) is 0 Å². The van der Waals surface area contributed by atoms with E-state index in [1.807, 2.05) is 0 Å². The summed E-state index contributed by atoms with van der Waals surface area (Å²) in [5, 5.41) is 20.3.